The summed E-state index contributed by atoms with van der Waals surface area (Å²) in [4.78, 5) is 12.9. The minimum Gasteiger partial charge on any atom is -0.482 e. The zero-order valence-electron chi connectivity index (χ0n) is 14.7. The topological polar surface area (TPSA) is 56.2 Å². The lowest BCUT2D eigenvalue weighted by molar-refractivity contribution is 0.0951. The second kappa shape index (κ2) is 5.88. The van der Waals surface area contributed by atoms with Crippen molar-refractivity contribution in [1.29, 1.82) is 0 Å². The summed E-state index contributed by atoms with van der Waals surface area (Å²) in [6, 6.07) is 14.8. The number of hydrogen-bond donors (Lipinski definition) is 1. The number of nitrogens with zero attached hydrogens (tertiary/aromatic N) is 2. The Morgan fingerprint density at radius 1 is 1.19 bits per heavy atom. The molecule has 2 aromatic carbocycles. The molecule has 0 radical (unpaired) electrons. The second-order valence-electron chi connectivity index (χ2n) is 6.77. The van der Waals surface area contributed by atoms with Gasteiger partial charge in [0, 0.05) is 23.3 Å². The molecule has 1 aromatic heterocycles. The van der Waals surface area contributed by atoms with Gasteiger partial charge in [-0.05, 0) is 44.2 Å². The van der Waals surface area contributed by atoms with Crippen LogP contribution in [0.1, 0.15) is 29.9 Å². The molecule has 0 atom stereocenters. The van der Waals surface area contributed by atoms with E-state index in [4.69, 9.17) is 16.3 Å². The fourth-order valence-corrected chi connectivity index (χ4v) is 3.59. The van der Waals surface area contributed by atoms with Crippen LogP contribution in [0.15, 0.2) is 48.5 Å². The van der Waals surface area contributed by atoms with Gasteiger partial charge in [-0.3, -0.25) is 9.48 Å². The van der Waals surface area contributed by atoms with Crippen molar-refractivity contribution in [3.05, 3.63) is 64.8 Å². The van der Waals surface area contributed by atoms with Crippen LogP contribution in [0.4, 0.5) is 5.69 Å². The van der Waals surface area contributed by atoms with Gasteiger partial charge in [0.25, 0.3) is 5.91 Å². The molecule has 0 fully saturated rings. The van der Waals surface area contributed by atoms with Crippen molar-refractivity contribution in [3.63, 3.8) is 0 Å². The van der Waals surface area contributed by atoms with Crippen LogP contribution in [0.25, 0.3) is 11.3 Å². The normalized spacial score (nSPS) is 14.2. The van der Waals surface area contributed by atoms with Crippen LogP contribution < -0.4 is 10.1 Å². The molecule has 0 aliphatic carbocycles. The number of aryl methyl sites for hydroxylation is 1. The summed E-state index contributed by atoms with van der Waals surface area (Å²) < 4.78 is 7.91. The number of nitrogens with one attached hydrogen (secondary N) is 1. The number of carbonyl (C=O) groups is 1. The van der Waals surface area contributed by atoms with E-state index in [1.165, 1.54) is 0 Å². The summed E-state index contributed by atoms with van der Waals surface area (Å²) in [7, 11) is 1.84. The predicted molar refractivity (Wildman–Crippen MR) is 102 cm³/mol. The van der Waals surface area contributed by atoms with E-state index in [1.54, 1.807) is 28.9 Å². The number of halogens is 1. The predicted octanol–water partition coefficient (Wildman–Crippen LogP) is 4.62. The smallest absolute Gasteiger partial charge is 0.276 e. The molecular formula is C20H18ClN3O2. The molecule has 1 amide bonds. The first kappa shape index (κ1) is 16.7. The van der Waals surface area contributed by atoms with E-state index >= 15 is 0 Å². The summed E-state index contributed by atoms with van der Waals surface area (Å²) in [6.45, 7) is 3.89. The van der Waals surface area contributed by atoms with Gasteiger partial charge in [0.15, 0.2) is 5.69 Å². The van der Waals surface area contributed by atoms with Gasteiger partial charge < -0.3 is 10.1 Å². The Kier molecular flexibility index (Phi) is 3.77. The number of fused-ring (bicyclic) bond motifs is 3. The van der Waals surface area contributed by atoms with Crippen molar-refractivity contribution in [3.8, 4) is 17.0 Å². The van der Waals surface area contributed by atoms with Crippen molar-refractivity contribution in [2.75, 3.05) is 5.32 Å². The van der Waals surface area contributed by atoms with E-state index in [9.17, 15) is 4.79 Å². The largest absolute Gasteiger partial charge is 0.482 e. The number of benzene rings is 2. The second-order valence-corrected chi connectivity index (χ2v) is 7.21. The fraction of sp³-hybridized carbons (Fsp3) is 0.200. The molecule has 0 saturated heterocycles. The Morgan fingerprint density at radius 3 is 2.73 bits per heavy atom. The van der Waals surface area contributed by atoms with E-state index < -0.39 is 5.60 Å². The quantitative estimate of drug-likeness (QED) is 0.719. The first-order valence-corrected chi connectivity index (χ1v) is 8.67. The third-order valence-electron chi connectivity index (χ3n) is 4.45. The Labute approximate surface area is 156 Å². The van der Waals surface area contributed by atoms with E-state index in [2.05, 4.69) is 10.4 Å². The van der Waals surface area contributed by atoms with Gasteiger partial charge in [0.2, 0.25) is 0 Å². The molecule has 1 N–H and O–H groups in total. The Balaban J connectivity index is 1.82. The van der Waals surface area contributed by atoms with Crippen molar-refractivity contribution in [2.24, 2.45) is 7.05 Å². The Bertz CT molecular complexity index is 1020. The highest BCUT2D eigenvalue weighted by molar-refractivity contribution is 6.31. The van der Waals surface area contributed by atoms with Crippen LogP contribution in [0, 0.1) is 0 Å². The average molecular weight is 368 g/mol. The molecule has 0 spiro atoms. The lowest BCUT2D eigenvalue weighted by Crippen LogP contribution is -2.31. The number of rotatable bonds is 2. The highest BCUT2D eigenvalue weighted by Gasteiger charge is 2.40. The van der Waals surface area contributed by atoms with Gasteiger partial charge in [-0.2, -0.15) is 5.10 Å². The average Bonchev–Trinajstić information content (AvgIpc) is 2.94. The van der Waals surface area contributed by atoms with Crippen LogP contribution in [-0.2, 0) is 12.6 Å². The molecular weight excluding hydrogens is 350 g/mol. The maximum absolute atomic E-state index is 12.9. The van der Waals surface area contributed by atoms with Gasteiger partial charge in [0.05, 0.1) is 11.3 Å². The third kappa shape index (κ3) is 2.65. The Hall–Kier alpha value is -2.79. The molecule has 3 aromatic rings. The van der Waals surface area contributed by atoms with E-state index in [0.717, 1.165) is 22.6 Å². The lowest BCUT2D eigenvalue weighted by Gasteiger charge is -2.33. The number of aromatic nitrogens is 2. The highest BCUT2D eigenvalue weighted by atomic mass is 35.5. The highest BCUT2D eigenvalue weighted by Crippen LogP contribution is 2.46. The number of anilines is 1. The molecule has 2 heterocycles. The van der Waals surface area contributed by atoms with E-state index in [1.807, 2.05) is 45.2 Å². The van der Waals surface area contributed by atoms with E-state index in [0.29, 0.717) is 16.4 Å². The van der Waals surface area contributed by atoms with Crippen molar-refractivity contribution in [1.82, 2.24) is 9.78 Å². The lowest BCUT2D eigenvalue weighted by atomic mass is 9.89. The Morgan fingerprint density at radius 2 is 1.96 bits per heavy atom. The summed E-state index contributed by atoms with van der Waals surface area (Å²) in [6.07, 6.45) is 0. The number of ether oxygens (including phenoxy) is 1. The number of para-hydroxylation sites is 1. The molecule has 4 rings (SSSR count). The van der Waals surface area contributed by atoms with Crippen molar-refractivity contribution >= 4 is 23.2 Å². The molecule has 0 bridgehead atoms. The zero-order chi connectivity index (χ0) is 18.5. The van der Waals surface area contributed by atoms with Gasteiger partial charge in [-0.15, -0.1) is 0 Å². The zero-order valence-corrected chi connectivity index (χ0v) is 15.5. The monoisotopic (exact) mass is 367 g/mol. The van der Waals surface area contributed by atoms with Crippen LogP contribution >= 0.6 is 11.6 Å². The summed E-state index contributed by atoms with van der Waals surface area (Å²) >= 11 is 6.00. The van der Waals surface area contributed by atoms with Crippen LogP contribution in [0.3, 0.4) is 0 Å². The van der Waals surface area contributed by atoms with Crippen LogP contribution in [0.5, 0.6) is 5.75 Å². The van der Waals surface area contributed by atoms with Gasteiger partial charge in [0.1, 0.15) is 11.4 Å². The maximum atomic E-state index is 12.9. The molecule has 132 valence electrons. The van der Waals surface area contributed by atoms with Gasteiger partial charge in [-0.25, -0.2) is 0 Å². The molecule has 6 heteroatoms. The molecule has 0 unspecified atom stereocenters. The number of carbonyl (C=O) groups excluding carboxylic acids is 1. The maximum Gasteiger partial charge on any atom is 0.276 e. The summed E-state index contributed by atoms with van der Waals surface area (Å²) in [5.41, 5.74) is 2.89. The third-order valence-corrected chi connectivity index (χ3v) is 4.69. The first-order valence-electron chi connectivity index (χ1n) is 8.29. The minimum absolute atomic E-state index is 0.292. The minimum atomic E-state index is -0.682. The van der Waals surface area contributed by atoms with Crippen LogP contribution in [-0.4, -0.2) is 15.7 Å². The molecule has 1 aliphatic rings. The van der Waals surface area contributed by atoms with Crippen molar-refractivity contribution in [2.45, 2.75) is 19.4 Å². The fourth-order valence-electron chi connectivity index (χ4n) is 3.40. The molecule has 26 heavy (non-hydrogen) atoms. The summed E-state index contributed by atoms with van der Waals surface area (Å²) in [5.74, 6) is 0.495. The molecule has 1 aliphatic heterocycles. The first-order chi connectivity index (χ1) is 12.4. The van der Waals surface area contributed by atoms with Gasteiger partial charge >= 0.3 is 0 Å². The molecule has 5 nitrogen and oxygen atoms in total. The van der Waals surface area contributed by atoms with Gasteiger partial charge in [-0.1, -0.05) is 29.8 Å². The summed E-state index contributed by atoms with van der Waals surface area (Å²) in [5, 5.41) is 7.93. The molecule has 0 saturated carbocycles. The SMILES string of the molecule is Cn1nc(C(=O)Nc2cccc(Cl)c2)c2c1-c1ccccc1OC2(C)C. The van der Waals surface area contributed by atoms with E-state index in [-0.39, 0.29) is 5.91 Å². The number of hydrogen-bond acceptors (Lipinski definition) is 3. The standard InChI is InChI=1S/C20H18ClN3O2/c1-20(2)16-17(19(25)22-13-8-6-7-12(21)11-13)23-24(3)18(16)14-9-4-5-10-15(14)26-20/h4-11H,1-3H3,(H,22,25). The van der Waals surface area contributed by atoms with Crippen molar-refractivity contribution < 1.29 is 9.53 Å². The van der Waals surface area contributed by atoms with Crippen LogP contribution in [0.2, 0.25) is 5.02 Å². The number of amides is 1.